The van der Waals surface area contributed by atoms with Crippen molar-refractivity contribution >= 4 is 17.3 Å². The van der Waals surface area contributed by atoms with Crippen LogP contribution in [0.5, 0.6) is 0 Å². The van der Waals surface area contributed by atoms with Gasteiger partial charge in [0.05, 0.1) is 10.5 Å². The van der Waals surface area contributed by atoms with E-state index >= 15 is 0 Å². The summed E-state index contributed by atoms with van der Waals surface area (Å²) in [6.07, 6.45) is 0. The number of nitro benzene ring substituents is 1. The van der Waals surface area contributed by atoms with Gasteiger partial charge in [-0.15, -0.1) is 0 Å². The van der Waals surface area contributed by atoms with Crippen LogP contribution in [0.25, 0.3) is 0 Å². The zero-order valence-corrected chi connectivity index (χ0v) is 9.27. The van der Waals surface area contributed by atoms with Crippen LogP contribution in [0.3, 0.4) is 0 Å². The molecule has 0 aliphatic rings. The summed E-state index contributed by atoms with van der Waals surface area (Å²) in [6, 6.07) is 3.95. The van der Waals surface area contributed by atoms with Crippen LogP contribution in [0, 0.1) is 10.1 Å². The Kier molecular flexibility index (Phi) is 4.41. The molecule has 92 valence electrons. The summed E-state index contributed by atoms with van der Waals surface area (Å²) in [5.41, 5.74) is 0.453. The fourth-order valence-corrected chi connectivity index (χ4v) is 1.35. The van der Waals surface area contributed by atoms with E-state index in [0.29, 0.717) is 12.2 Å². The van der Waals surface area contributed by atoms with Gasteiger partial charge in [-0.2, -0.15) is 0 Å². The number of carbonyl (C=O) groups is 1. The largest absolute Gasteiger partial charge is 0.385 e. The number of hydrogen-bond donors (Lipinski definition) is 3. The average molecular weight is 239 g/mol. The van der Waals surface area contributed by atoms with Crippen LogP contribution in [-0.2, 0) is 0 Å². The molecule has 0 saturated carbocycles. The maximum Gasteiger partial charge on any atom is 0.270 e. The summed E-state index contributed by atoms with van der Waals surface area (Å²) in [4.78, 5) is 21.6. The number of carbonyl (C=O) groups excluding carboxylic acids is 1. The number of hydrogen-bond acceptors (Lipinski definition) is 5. The standard InChI is InChI=1S/C10H13N3O4/c1-2-11-9-4-3-7(13(16)17)5-8(9)10(15)12-6-14/h3-5,11,14H,2,6H2,1H3,(H,12,15). The smallest absolute Gasteiger partial charge is 0.270 e. The highest BCUT2D eigenvalue weighted by molar-refractivity contribution is 6.00. The second kappa shape index (κ2) is 5.80. The van der Waals surface area contributed by atoms with E-state index in [1.165, 1.54) is 18.2 Å². The molecule has 0 aliphatic carbocycles. The van der Waals surface area contributed by atoms with Crippen molar-refractivity contribution in [2.24, 2.45) is 0 Å². The Balaban J connectivity index is 3.15. The maximum absolute atomic E-state index is 11.6. The third-order valence-electron chi connectivity index (χ3n) is 2.07. The van der Waals surface area contributed by atoms with Crippen molar-refractivity contribution in [3.05, 3.63) is 33.9 Å². The van der Waals surface area contributed by atoms with Gasteiger partial charge in [0.2, 0.25) is 0 Å². The molecule has 0 saturated heterocycles. The van der Waals surface area contributed by atoms with Gasteiger partial charge in [-0.25, -0.2) is 0 Å². The monoisotopic (exact) mass is 239 g/mol. The van der Waals surface area contributed by atoms with E-state index in [1.807, 2.05) is 6.92 Å². The minimum atomic E-state index is -0.578. The molecule has 17 heavy (non-hydrogen) atoms. The summed E-state index contributed by atoms with van der Waals surface area (Å²) in [5.74, 6) is -0.563. The van der Waals surface area contributed by atoms with E-state index in [4.69, 9.17) is 5.11 Å². The number of nitrogens with zero attached hydrogens (tertiary/aromatic N) is 1. The first-order valence-corrected chi connectivity index (χ1v) is 5.01. The highest BCUT2D eigenvalue weighted by Crippen LogP contribution is 2.21. The van der Waals surface area contributed by atoms with Crippen LogP contribution in [0.1, 0.15) is 17.3 Å². The highest BCUT2D eigenvalue weighted by Gasteiger charge is 2.15. The molecule has 0 radical (unpaired) electrons. The lowest BCUT2D eigenvalue weighted by molar-refractivity contribution is -0.384. The van der Waals surface area contributed by atoms with Gasteiger partial charge < -0.3 is 15.7 Å². The van der Waals surface area contributed by atoms with Gasteiger partial charge in [-0.3, -0.25) is 14.9 Å². The van der Waals surface area contributed by atoms with Crippen molar-refractivity contribution in [3.63, 3.8) is 0 Å². The van der Waals surface area contributed by atoms with Crippen molar-refractivity contribution in [3.8, 4) is 0 Å². The zero-order chi connectivity index (χ0) is 12.8. The van der Waals surface area contributed by atoms with E-state index in [0.717, 1.165) is 0 Å². The van der Waals surface area contributed by atoms with Crippen LogP contribution in [0.4, 0.5) is 11.4 Å². The molecule has 7 heteroatoms. The molecular weight excluding hydrogens is 226 g/mol. The van der Waals surface area contributed by atoms with Gasteiger partial charge in [-0.05, 0) is 13.0 Å². The molecule has 0 bridgehead atoms. The Morgan fingerprint density at radius 2 is 2.24 bits per heavy atom. The summed E-state index contributed by atoms with van der Waals surface area (Å²) >= 11 is 0. The van der Waals surface area contributed by atoms with Crippen LogP contribution in [0.2, 0.25) is 0 Å². The van der Waals surface area contributed by atoms with Crippen LogP contribution < -0.4 is 10.6 Å². The van der Waals surface area contributed by atoms with E-state index in [1.54, 1.807) is 0 Å². The van der Waals surface area contributed by atoms with Gasteiger partial charge in [0.25, 0.3) is 11.6 Å². The molecule has 1 amide bonds. The fourth-order valence-electron chi connectivity index (χ4n) is 1.35. The lowest BCUT2D eigenvalue weighted by Gasteiger charge is -2.09. The summed E-state index contributed by atoms with van der Waals surface area (Å²) in [7, 11) is 0. The number of nitrogens with one attached hydrogen (secondary N) is 2. The number of anilines is 1. The predicted molar refractivity (Wildman–Crippen MR) is 61.8 cm³/mol. The quantitative estimate of drug-likeness (QED) is 0.398. The molecule has 7 nitrogen and oxygen atoms in total. The van der Waals surface area contributed by atoms with Gasteiger partial charge in [-0.1, -0.05) is 0 Å². The summed E-state index contributed by atoms with van der Waals surface area (Å²) in [5, 5.41) is 24.3. The minimum absolute atomic E-state index is 0.134. The van der Waals surface area contributed by atoms with Gasteiger partial charge in [0, 0.05) is 24.4 Å². The SMILES string of the molecule is CCNc1ccc([N+](=O)[O-])cc1C(=O)NCO. The molecule has 0 aromatic heterocycles. The third kappa shape index (κ3) is 3.15. The van der Waals surface area contributed by atoms with E-state index < -0.39 is 17.6 Å². The first-order valence-electron chi connectivity index (χ1n) is 5.01. The molecule has 0 spiro atoms. The van der Waals surface area contributed by atoms with Crippen molar-refractivity contribution in [2.45, 2.75) is 6.92 Å². The van der Waals surface area contributed by atoms with E-state index in [2.05, 4.69) is 10.6 Å². The molecule has 1 aromatic rings. The molecule has 0 unspecified atom stereocenters. The fraction of sp³-hybridized carbons (Fsp3) is 0.300. The van der Waals surface area contributed by atoms with Crippen molar-refractivity contribution in [1.82, 2.24) is 5.32 Å². The van der Waals surface area contributed by atoms with Gasteiger partial charge >= 0.3 is 0 Å². The third-order valence-corrected chi connectivity index (χ3v) is 2.07. The number of aliphatic hydroxyl groups is 1. The normalized spacial score (nSPS) is 9.76. The maximum atomic E-state index is 11.6. The Morgan fingerprint density at radius 1 is 1.53 bits per heavy atom. The van der Waals surface area contributed by atoms with Crippen LogP contribution >= 0.6 is 0 Å². The molecular formula is C10H13N3O4. The topological polar surface area (TPSA) is 105 Å². The summed E-state index contributed by atoms with van der Waals surface area (Å²) < 4.78 is 0. The number of non-ortho nitro benzene ring substituents is 1. The van der Waals surface area contributed by atoms with Gasteiger partial charge in [0.15, 0.2) is 0 Å². The first-order chi connectivity index (χ1) is 8.10. The minimum Gasteiger partial charge on any atom is -0.385 e. The second-order valence-electron chi connectivity index (χ2n) is 3.18. The Labute approximate surface area is 97.6 Å². The van der Waals surface area contributed by atoms with E-state index in [9.17, 15) is 14.9 Å². The Bertz CT molecular complexity index is 434. The molecule has 1 aromatic carbocycles. The van der Waals surface area contributed by atoms with Crippen molar-refractivity contribution in [2.75, 3.05) is 18.6 Å². The molecule has 3 N–H and O–H groups in total. The van der Waals surface area contributed by atoms with Crippen LogP contribution in [-0.4, -0.2) is 29.2 Å². The Hall–Kier alpha value is -2.15. The number of rotatable bonds is 5. The second-order valence-corrected chi connectivity index (χ2v) is 3.18. The van der Waals surface area contributed by atoms with Crippen molar-refractivity contribution < 1.29 is 14.8 Å². The van der Waals surface area contributed by atoms with E-state index in [-0.39, 0.29) is 11.3 Å². The molecule has 1 rings (SSSR count). The number of benzene rings is 1. The molecule has 0 heterocycles. The predicted octanol–water partition coefficient (Wildman–Crippen LogP) is 0.706. The number of nitro groups is 1. The van der Waals surface area contributed by atoms with Crippen LogP contribution in [0.15, 0.2) is 18.2 Å². The lowest BCUT2D eigenvalue weighted by Crippen LogP contribution is -2.25. The zero-order valence-electron chi connectivity index (χ0n) is 9.27. The van der Waals surface area contributed by atoms with Crippen molar-refractivity contribution in [1.29, 1.82) is 0 Å². The number of amides is 1. The first kappa shape index (κ1) is 12.9. The number of aliphatic hydroxyl groups excluding tert-OH is 1. The summed E-state index contributed by atoms with van der Waals surface area (Å²) in [6.45, 7) is 1.90. The van der Waals surface area contributed by atoms with Gasteiger partial charge in [0.1, 0.15) is 6.73 Å². The lowest BCUT2D eigenvalue weighted by atomic mass is 10.1. The average Bonchev–Trinajstić information content (AvgIpc) is 2.30. The highest BCUT2D eigenvalue weighted by atomic mass is 16.6. The Morgan fingerprint density at radius 3 is 2.76 bits per heavy atom. The molecule has 0 aliphatic heterocycles. The molecule has 0 fully saturated rings. The molecule has 0 atom stereocenters.